The van der Waals surface area contributed by atoms with Crippen LogP contribution in [0.25, 0.3) is 0 Å². The smallest absolute Gasteiger partial charge is 0.237 e. The molecule has 1 aliphatic rings. The summed E-state index contributed by atoms with van der Waals surface area (Å²) in [4.78, 5) is 14.0. The molecule has 0 N–H and O–H groups in total. The molecule has 0 aliphatic carbocycles. The minimum Gasteiger partial charge on any atom is -0.341 e. The maximum absolute atomic E-state index is 12.2. The number of rotatable bonds is 4. The zero-order chi connectivity index (χ0) is 16.5. The summed E-state index contributed by atoms with van der Waals surface area (Å²) in [5.74, 6) is 0.216. The number of benzene rings is 1. The Morgan fingerprint density at radius 3 is 2.64 bits per heavy atom. The molecule has 2 rings (SSSR count). The molecule has 6 heteroatoms. The number of carbonyl (C=O) groups excluding carboxylic acids is 1. The third-order valence-corrected chi connectivity index (χ3v) is 5.59. The van der Waals surface area contributed by atoms with E-state index in [0.29, 0.717) is 19.0 Å². The molecule has 22 heavy (non-hydrogen) atoms. The van der Waals surface area contributed by atoms with Crippen molar-refractivity contribution in [2.45, 2.75) is 26.2 Å². The van der Waals surface area contributed by atoms with Gasteiger partial charge in [-0.2, -0.15) is 4.31 Å². The number of amides is 1. The van der Waals surface area contributed by atoms with Crippen LogP contribution in [-0.2, 0) is 14.8 Å². The first kappa shape index (κ1) is 17.0. The van der Waals surface area contributed by atoms with Crippen molar-refractivity contribution in [1.29, 1.82) is 0 Å². The highest BCUT2D eigenvalue weighted by atomic mass is 32.2. The second kappa shape index (κ2) is 6.38. The average Bonchev–Trinajstić information content (AvgIpc) is 2.87. The number of carbonyl (C=O) groups is 1. The first-order chi connectivity index (χ1) is 10.2. The Balaban J connectivity index is 2.02. The summed E-state index contributed by atoms with van der Waals surface area (Å²) in [5.41, 5.74) is 3.78. The van der Waals surface area contributed by atoms with Crippen LogP contribution in [0, 0.1) is 13.8 Å². The number of likely N-dealkylation sites (N-methyl/N-ethyl adjacent to an activating group) is 1. The van der Waals surface area contributed by atoms with E-state index in [9.17, 15) is 13.2 Å². The molecule has 1 aromatic carbocycles. The van der Waals surface area contributed by atoms with Gasteiger partial charge < -0.3 is 4.90 Å². The van der Waals surface area contributed by atoms with E-state index in [-0.39, 0.29) is 12.5 Å². The first-order valence-corrected chi connectivity index (χ1v) is 9.29. The third-order valence-electron chi connectivity index (χ3n) is 4.33. The van der Waals surface area contributed by atoms with E-state index in [1.807, 2.05) is 0 Å². The molecule has 5 nitrogen and oxygen atoms in total. The number of hydrogen-bond acceptors (Lipinski definition) is 3. The topological polar surface area (TPSA) is 57.7 Å². The molecule has 1 saturated heterocycles. The van der Waals surface area contributed by atoms with Gasteiger partial charge in [0.2, 0.25) is 15.9 Å². The van der Waals surface area contributed by atoms with Crippen molar-refractivity contribution in [1.82, 2.24) is 9.21 Å². The van der Waals surface area contributed by atoms with Gasteiger partial charge in [0.25, 0.3) is 0 Å². The lowest BCUT2D eigenvalue weighted by atomic mass is 9.93. The van der Waals surface area contributed by atoms with E-state index in [2.05, 4.69) is 32.0 Å². The van der Waals surface area contributed by atoms with Crippen LogP contribution in [0.4, 0.5) is 0 Å². The largest absolute Gasteiger partial charge is 0.341 e. The normalized spacial score (nSPS) is 19.0. The number of aryl methyl sites for hydroxylation is 2. The van der Waals surface area contributed by atoms with Gasteiger partial charge in [-0.3, -0.25) is 4.79 Å². The molecule has 1 amide bonds. The fourth-order valence-corrected chi connectivity index (χ4v) is 3.28. The second-order valence-electron chi connectivity index (χ2n) is 6.20. The summed E-state index contributed by atoms with van der Waals surface area (Å²) in [7, 11) is -1.88. The molecule has 122 valence electrons. The summed E-state index contributed by atoms with van der Waals surface area (Å²) in [6, 6.07) is 6.41. The molecule has 1 fully saturated rings. The predicted octanol–water partition coefficient (Wildman–Crippen LogP) is 1.51. The van der Waals surface area contributed by atoms with Gasteiger partial charge in [-0.15, -0.1) is 0 Å². The Kier molecular flexibility index (Phi) is 4.92. The van der Waals surface area contributed by atoms with Crippen LogP contribution in [0.2, 0.25) is 0 Å². The maximum atomic E-state index is 12.2. The van der Waals surface area contributed by atoms with Crippen molar-refractivity contribution in [2.75, 3.05) is 32.9 Å². The van der Waals surface area contributed by atoms with Crippen LogP contribution >= 0.6 is 0 Å². The van der Waals surface area contributed by atoms with E-state index in [1.165, 1.54) is 23.7 Å². The van der Waals surface area contributed by atoms with Crippen LogP contribution in [0.1, 0.15) is 29.0 Å². The highest BCUT2D eigenvalue weighted by Crippen LogP contribution is 2.30. The molecule has 1 aliphatic heterocycles. The SMILES string of the molecule is Cc1ccc([C@H]2CCN(C(=O)CN(C)S(C)(=O)=O)C2)c(C)c1. The Labute approximate surface area is 133 Å². The van der Waals surface area contributed by atoms with Crippen molar-refractivity contribution in [3.63, 3.8) is 0 Å². The Bertz CT molecular complexity index is 670. The van der Waals surface area contributed by atoms with Gasteiger partial charge in [-0.05, 0) is 31.4 Å². The highest BCUT2D eigenvalue weighted by molar-refractivity contribution is 7.88. The molecule has 0 bridgehead atoms. The van der Waals surface area contributed by atoms with Crippen molar-refractivity contribution in [3.05, 3.63) is 34.9 Å². The Morgan fingerprint density at radius 1 is 1.36 bits per heavy atom. The average molecular weight is 324 g/mol. The first-order valence-electron chi connectivity index (χ1n) is 7.44. The van der Waals surface area contributed by atoms with Gasteiger partial charge >= 0.3 is 0 Å². The number of nitrogens with zero attached hydrogens (tertiary/aromatic N) is 2. The van der Waals surface area contributed by atoms with Gasteiger partial charge in [-0.1, -0.05) is 23.8 Å². The van der Waals surface area contributed by atoms with E-state index in [4.69, 9.17) is 0 Å². The van der Waals surface area contributed by atoms with Gasteiger partial charge in [0.05, 0.1) is 12.8 Å². The number of hydrogen-bond donors (Lipinski definition) is 0. The Hall–Kier alpha value is -1.40. The summed E-state index contributed by atoms with van der Waals surface area (Å²) >= 11 is 0. The quantitative estimate of drug-likeness (QED) is 0.843. The third kappa shape index (κ3) is 3.87. The lowest BCUT2D eigenvalue weighted by Gasteiger charge is -2.21. The van der Waals surface area contributed by atoms with Crippen molar-refractivity contribution < 1.29 is 13.2 Å². The molecule has 0 aromatic heterocycles. The summed E-state index contributed by atoms with van der Waals surface area (Å²) in [6.45, 7) is 5.44. The van der Waals surface area contributed by atoms with Crippen LogP contribution < -0.4 is 0 Å². The van der Waals surface area contributed by atoms with E-state index in [1.54, 1.807) is 4.90 Å². The Morgan fingerprint density at radius 2 is 2.05 bits per heavy atom. The zero-order valence-corrected chi connectivity index (χ0v) is 14.5. The van der Waals surface area contributed by atoms with Crippen molar-refractivity contribution >= 4 is 15.9 Å². The van der Waals surface area contributed by atoms with Crippen molar-refractivity contribution in [2.24, 2.45) is 0 Å². The van der Waals surface area contributed by atoms with Gasteiger partial charge in [0.1, 0.15) is 0 Å². The molecule has 1 aromatic rings. The fraction of sp³-hybridized carbons (Fsp3) is 0.562. The van der Waals surface area contributed by atoms with Gasteiger partial charge in [0, 0.05) is 26.1 Å². The summed E-state index contributed by atoms with van der Waals surface area (Å²) in [5, 5.41) is 0. The molecule has 0 spiro atoms. The predicted molar refractivity (Wildman–Crippen MR) is 87.3 cm³/mol. The summed E-state index contributed by atoms with van der Waals surface area (Å²) in [6.07, 6.45) is 2.04. The molecule has 1 heterocycles. The molecule has 0 unspecified atom stereocenters. The summed E-state index contributed by atoms with van der Waals surface area (Å²) < 4.78 is 23.9. The van der Waals surface area contributed by atoms with Crippen LogP contribution in [0.3, 0.4) is 0 Å². The van der Waals surface area contributed by atoms with E-state index < -0.39 is 10.0 Å². The molecule has 0 radical (unpaired) electrons. The van der Waals surface area contributed by atoms with Crippen LogP contribution in [0.5, 0.6) is 0 Å². The fourth-order valence-electron chi connectivity index (χ4n) is 2.93. The highest BCUT2D eigenvalue weighted by Gasteiger charge is 2.29. The maximum Gasteiger partial charge on any atom is 0.237 e. The minimum atomic E-state index is -3.32. The van der Waals surface area contributed by atoms with E-state index in [0.717, 1.165) is 17.0 Å². The number of sulfonamides is 1. The van der Waals surface area contributed by atoms with Gasteiger partial charge in [-0.25, -0.2) is 8.42 Å². The monoisotopic (exact) mass is 324 g/mol. The zero-order valence-electron chi connectivity index (χ0n) is 13.7. The molecule has 1 atom stereocenters. The lowest BCUT2D eigenvalue weighted by molar-refractivity contribution is -0.130. The molecule has 0 saturated carbocycles. The van der Waals surface area contributed by atoms with Gasteiger partial charge in [0.15, 0.2) is 0 Å². The van der Waals surface area contributed by atoms with Crippen molar-refractivity contribution in [3.8, 4) is 0 Å². The van der Waals surface area contributed by atoms with Crippen LogP contribution in [0.15, 0.2) is 18.2 Å². The number of likely N-dealkylation sites (tertiary alicyclic amines) is 1. The molecular formula is C16H24N2O3S. The van der Waals surface area contributed by atoms with Crippen LogP contribution in [-0.4, -0.2) is 56.5 Å². The van der Waals surface area contributed by atoms with E-state index >= 15 is 0 Å². The second-order valence-corrected chi connectivity index (χ2v) is 8.29. The lowest BCUT2D eigenvalue weighted by Crippen LogP contribution is -2.39. The standard InChI is InChI=1S/C16H24N2O3S/c1-12-5-6-15(13(2)9-12)14-7-8-18(10-14)16(19)11-17(3)22(4,20)21/h5-6,9,14H,7-8,10-11H2,1-4H3/t14-/m0/s1. The minimum absolute atomic E-state index is 0.0849. The molecular weight excluding hydrogens is 300 g/mol.